The minimum Gasteiger partial charge on any atom is -0.383 e. The van der Waals surface area contributed by atoms with Crippen LogP contribution in [0.2, 0.25) is 0 Å². The molecule has 0 bridgehead atoms. The lowest BCUT2D eigenvalue weighted by Gasteiger charge is -2.06. The molecule has 102 valence electrons. The lowest BCUT2D eigenvalue weighted by atomic mass is 10.1. The summed E-state index contributed by atoms with van der Waals surface area (Å²) in [7, 11) is 0. The minimum atomic E-state index is -0.643. The van der Waals surface area contributed by atoms with Crippen molar-refractivity contribution in [2.24, 2.45) is 0 Å². The Labute approximate surface area is 127 Å². The molecule has 3 rings (SSSR count). The Balaban J connectivity index is 1.80. The predicted octanol–water partition coefficient (Wildman–Crippen LogP) is 3.62. The smallest absolute Gasteiger partial charge is 0.167 e. The molecule has 0 spiro atoms. The Morgan fingerprint density at radius 1 is 0.905 bits per heavy atom. The monoisotopic (exact) mass is 291 g/mol. The molecule has 1 atom stereocenters. The molecule has 3 heteroatoms. The normalized spacial score (nSPS) is 11.5. The zero-order valence-electron chi connectivity index (χ0n) is 11.2. The molecular weight excluding hydrogens is 278 g/mol. The van der Waals surface area contributed by atoms with Crippen molar-refractivity contribution in [2.45, 2.75) is 6.10 Å². The van der Waals surface area contributed by atoms with Crippen LogP contribution in [0.1, 0.15) is 27.1 Å². The molecule has 0 saturated carbocycles. The zero-order valence-corrected chi connectivity index (χ0v) is 12.0. The molecule has 0 saturated heterocycles. The maximum atomic E-state index is 10.3. The molecule has 0 fully saturated rings. The average Bonchev–Trinajstić information content (AvgIpc) is 3.03. The van der Waals surface area contributed by atoms with E-state index in [-0.39, 0.29) is 0 Å². The second-order valence-corrected chi connectivity index (χ2v) is 5.56. The van der Waals surface area contributed by atoms with Crippen LogP contribution in [0.25, 0.3) is 0 Å². The molecule has 0 amide bonds. The number of thiazole rings is 1. The molecule has 0 aliphatic heterocycles. The Bertz CT molecular complexity index is 769. The van der Waals surface area contributed by atoms with Gasteiger partial charge in [-0.1, -0.05) is 54.5 Å². The maximum Gasteiger partial charge on any atom is 0.167 e. The zero-order chi connectivity index (χ0) is 14.5. The van der Waals surface area contributed by atoms with E-state index in [0.29, 0.717) is 5.01 Å². The lowest BCUT2D eigenvalue weighted by Crippen LogP contribution is -1.95. The summed E-state index contributed by atoms with van der Waals surface area (Å²) in [4.78, 5) is 5.07. The van der Waals surface area contributed by atoms with Gasteiger partial charge in [0, 0.05) is 11.8 Å². The van der Waals surface area contributed by atoms with Crippen LogP contribution in [0.4, 0.5) is 0 Å². The number of benzene rings is 2. The van der Waals surface area contributed by atoms with Crippen molar-refractivity contribution in [2.75, 3.05) is 0 Å². The quantitative estimate of drug-likeness (QED) is 0.731. The summed E-state index contributed by atoms with van der Waals surface area (Å²) in [5, 5.41) is 11.0. The first-order chi connectivity index (χ1) is 10.3. The highest BCUT2D eigenvalue weighted by Crippen LogP contribution is 2.26. The maximum absolute atomic E-state index is 10.3. The van der Waals surface area contributed by atoms with E-state index >= 15 is 0 Å². The van der Waals surface area contributed by atoms with Gasteiger partial charge in [0.15, 0.2) is 5.01 Å². The van der Waals surface area contributed by atoms with Crippen molar-refractivity contribution >= 4 is 11.3 Å². The molecule has 21 heavy (non-hydrogen) atoms. The van der Waals surface area contributed by atoms with E-state index in [9.17, 15) is 5.11 Å². The van der Waals surface area contributed by atoms with Gasteiger partial charge in [0.25, 0.3) is 0 Å². The van der Waals surface area contributed by atoms with Crippen LogP contribution in [0, 0.1) is 11.8 Å². The Hall–Kier alpha value is -2.41. The second kappa shape index (κ2) is 6.36. The molecule has 1 heterocycles. The molecule has 0 radical (unpaired) electrons. The van der Waals surface area contributed by atoms with Gasteiger partial charge in [0.2, 0.25) is 0 Å². The number of nitrogens with zero attached hydrogens (tertiary/aromatic N) is 1. The lowest BCUT2D eigenvalue weighted by molar-refractivity contribution is 0.224. The first-order valence-corrected chi connectivity index (χ1v) is 7.40. The van der Waals surface area contributed by atoms with Gasteiger partial charge in [-0.3, -0.25) is 0 Å². The van der Waals surface area contributed by atoms with Crippen LogP contribution < -0.4 is 0 Å². The van der Waals surface area contributed by atoms with E-state index in [1.54, 1.807) is 6.20 Å². The van der Waals surface area contributed by atoms with Crippen LogP contribution in [0.15, 0.2) is 66.9 Å². The molecule has 1 aromatic heterocycles. The van der Waals surface area contributed by atoms with Crippen LogP contribution in [-0.4, -0.2) is 10.1 Å². The van der Waals surface area contributed by atoms with Gasteiger partial charge >= 0.3 is 0 Å². The minimum absolute atomic E-state index is 0.643. The van der Waals surface area contributed by atoms with Crippen LogP contribution in [0.5, 0.6) is 0 Å². The number of aliphatic hydroxyl groups excluding tert-OH is 1. The molecule has 0 aliphatic rings. The van der Waals surface area contributed by atoms with Crippen molar-refractivity contribution in [3.05, 3.63) is 87.9 Å². The molecule has 0 aliphatic carbocycles. The van der Waals surface area contributed by atoms with E-state index in [4.69, 9.17) is 0 Å². The van der Waals surface area contributed by atoms with Crippen molar-refractivity contribution in [1.29, 1.82) is 0 Å². The van der Waals surface area contributed by atoms with Gasteiger partial charge in [-0.05, 0) is 23.6 Å². The van der Waals surface area contributed by atoms with Crippen LogP contribution in [-0.2, 0) is 0 Å². The number of hydrogen-bond donors (Lipinski definition) is 1. The number of hydrogen-bond acceptors (Lipinski definition) is 3. The predicted molar refractivity (Wildman–Crippen MR) is 85.0 cm³/mol. The molecule has 2 aromatic carbocycles. The summed E-state index contributed by atoms with van der Waals surface area (Å²) >= 11 is 1.42. The van der Waals surface area contributed by atoms with Crippen LogP contribution in [0.3, 0.4) is 0 Å². The Kier molecular flexibility index (Phi) is 4.11. The fourth-order valence-electron chi connectivity index (χ4n) is 1.92. The van der Waals surface area contributed by atoms with E-state index < -0.39 is 6.10 Å². The van der Waals surface area contributed by atoms with Gasteiger partial charge in [-0.25, -0.2) is 4.98 Å². The van der Waals surface area contributed by atoms with Gasteiger partial charge in [0.1, 0.15) is 6.10 Å². The van der Waals surface area contributed by atoms with Crippen LogP contribution >= 0.6 is 11.3 Å². The molecule has 1 unspecified atom stereocenters. The third-order valence-corrected chi connectivity index (χ3v) is 3.96. The fraction of sp³-hybridized carbons (Fsp3) is 0.0556. The first kappa shape index (κ1) is 13.6. The third-order valence-electron chi connectivity index (χ3n) is 3.00. The van der Waals surface area contributed by atoms with E-state index in [1.165, 1.54) is 11.3 Å². The summed E-state index contributed by atoms with van der Waals surface area (Å²) < 4.78 is 0. The van der Waals surface area contributed by atoms with E-state index in [0.717, 1.165) is 16.0 Å². The summed E-state index contributed by atoms with van der Waals surface area (Å²) in [6.45, 7) is 0. The SMILES string of the molecule is OC(c1ccccc1)c1cnc(C#Cc2ccccc2)s1. The van der Waals surface area contributed by atoms with Gasteiger partial charge in [-0.15, -0.1) is 11.3 Å². The van der Waals surface area contributed by atoms with Crippen molar-refractivity contribution in [3.63, 3.8) is 0 Å². The van der Waals surface area contributed by atoms with E-state index in [1.807, 2.05) is 60.7 Å². The average molecular weight is 291 g/mol. The van der Waals surface area contributed by atoms with Gasteiger partial charge < -0.3 is 5.11 Å². The van der Waals surface area contributed by atoms with E-state index in [2.05, 4.69) is 16.8 Å². The topological polar surface area (TPSA) is 33.1 Å². The largest absolute Gasteiger partial charge is 0.383 e. The van der Waals surface area contributed by atoms with Crippen molar-refractivity contribution in [3.8, 4) is 11.8 Å². The molecule has 2 nitrogen and oxygen atoms in total. The second-order valence-electron chi connectivity index (χ2n) is 4.50. The third kappa shape index (κ3) is 3.38. The number of rotatable bonds is 2. The fourth-order valence-corrected chi connectivity index (χ4v) is 2.70. The Morgan fingerprint density at radius 2 is 1.57 bits per heavy atom. The van der Waals surface area contributed by atoms with Crippen molar-refractivity contribution in [1.82, 2.24) is 4.98 Å². The standard InChI is InChI=1S/C18H13NOS/c20-18(15-9-5-2-6-10-15)16-13-19-17(21-16)12-11-14-7-3-1-4-8-14/h1-10,13,18,20H. The first-order valence-electron chi connectivity index (χ1n) is 6.59. The highest BCUT2D eigenvalue weighted by molar-refractivity contribution is 7.12. The van der Waals surface area contributed by atoms with Gasteiger partial charge in [0.05, 0.1) is 4.88 Å². The van der Waals surface area contributed by atoms with Gasteiger partial charge in [-0.2, -0.15) is 0 Å². The summed E-state index contributed by atoms with van der Waals surface area (Å²) in [5.74, 6) is 6.10. The molecule has 3 aromatic rings. The number of aliphatic hydroxyl groups is 1. The summed E-state index contributed by atoms with van der Waals surface area (Å²) in [6, 6.07) is 19.3. The van der Waals surface area contributed by atoms with Crippen molar-refractivity contribution < 1.29 is 5.11 Å². The molecular formula is C18H13NOS. The highest BCUT2D eigenvalue weighted by atomic mass is 32.1. The molecule has 1 N–H and O–H groups in total. The Morgan fingerprint density at radius 3 is 2.29 bits per heavy atom. The number of aromatic nitrogens is 1. The summed E-state index contributed by atoms with van der Waals surface area (Å²) in [5.41, 5.74) is 1.82. The highest BCUT2D eigenvalue weighted by Gasteiger charge is 2.12. The summed E-state index contributed by atoms with van der Waals surface area (Å²) in [6.07, 6.45) is 1.05.